The summed E-state index contributed by atoms with van der Waals surface area (Å²) in [5, 5.41) is 4.89. The van der Waals surface area contributed by atoms with Gasteiger partial charge in [-0.2, -0.15) is 0 Å². The number of thiazole rings is 1. The Morgan fingerprint density at radius 1 is 1.00 bits per heavy atom. The average Bonchev–Trinajstić information content (AvgIpc) is 3.53. The van der Waals surface area contributed by atoms with E-state index in [1.54, 1.807) is 24.3 Å². The highest BCUT2D eigenvalue weighted by molar-refractivity contribution is 7.15. The van der Waals surface area contributed by atoms with Gasteiger partial charge in [0.15, 0.2) is 4.96 Å². The molecule has 0 saturated carbocycles. The van der Waals surface area contributed by atoms with Crippen molar-refractivity contribution in [1.82, 2.24) is 14.3 Å². The smallest absolute Gasteiger partial charge is 0.253 e. The van der Waals surface area contributed by atoms with Gasteiger partial charge in [-0.1, -0.05) is 30.3 Å². The summed E-state index contributed by atoms with van der Waals surface area (Å²) in [6, 6.07) is 17.1. The lowest BCUT2D eigenvalue weighted by Gasteiger charge is -2.15. The largest absolute Gasteiger partial charge is 0.339 e. The Labute approximate surface area is 184 Å². The first-order chi connectivity index (χ1) is 15.2. The minimum atomic E-state index is -0.103. The summed E-state index contributed by atoms with van der Waals surface area (Å²) in [5.41, 5.74) is 4.19. The lowest BCUT2D eigenvalue weighted by atomic mass is 10.1. The minimum Gasteiger partial charge on any atom is -0.339 e. The zero-order valence-corrected chi connectivity index (χ0v) is 17.8. The molecule has 3 heterocycles. The van der Waals surface area contributed by atoms with Gasteiger partial charge in [-0.05, 0) is 37.1 Å². The van der Waals surface area contributed by atoms with Crippen LogP contribution in [-0.2, 0) is 11.2 Å². The van der Waals surface area contributed by atoms with E-state index < -0.39 is 0 Å². The number of likely N-dealkylation sites (tertiary alicyclic amines) is 1. The maximum atomic E-state index is 12.6. The summed E-state index contributed by atoms with van der Waals surface area (Å²) in [5.74, 6) is -0.0429. The highest BCUT2D eigenvalue weighted by atomic mass is 32.1. The molecule has 6 nitrogen and oxygen atoms in total. The molecule has 31 heavy (non-hydrogen) atoms. The first-order valence-electron chi connectivity index (χ1n) is 10.4. The molecular formula is C24H22N4O2S. The molecule has 4 aromatic rings. The molecule has 0 radical (unpaired) electrons. The Kier molecular flexibility index (Phi) is 5.26. The second-order valence-corrected chi connectivity index (χ2v) is 8.51. The van der Waals surface area contributed by atoms with Gasteiger partial charge in [0.05, 0.1) is 12.1 Å². The fourth-order valence-electron chi connectivity index (χ4n) is 3.87. The van der Waals surface area contributed by atoms with E-state index in [1.165, 1.54) is 11.3 Å². The minimum absolute atomic E-state index is 0.0605. The molecule has 1 N–H and O–H groups in total. The van der Waals surface area contributed by atoms with Crippen LogP contribution >= 0.6 is 11.3 Å². The molecule has 5 rings (SSSR count). The van der Waals surface area contributed by atoms with Crippen molar-refractivity contribution in [3.8, 4) is 11.3 Å². The van der Waals surface area contributed by atoms with E-state index in [9.17, 15) is 9.59 Å². The van der Waals surface area contributed by atoms with Gasteiger partial charge in [0, 0.05) is 47.2 Å². The van der Waals surface area contributed by atoms with Crippen LogP contribution in [0.2, 0.25) is 0 Å². The third-order valence-corrected chi connectivity index (χ3v) is 6.39. The van der Waals surface area contributed by atoms with Gasteiger partial charge in [0.2, 0.25) is 5.91 Å². The summed E-state index contributed by atoms with van der Waals surface area (Å²) in [4.78, 5) is 32.5. The number of nitrogens with zero attached hydrogens (tertiary/aromatic N) is 3. The van der Waals surface area contributed by atoms with Crippen molar-refractivity contribution >= 4 is 33.8 Å². The standard InChI is InChI=1S/C24H22N4O2S/c29-22(25-19-10-8-18(9-11-19)23(30)27-12-4-5-13-27)14-20-16-31-24-26-21(15-28(20)24)17-6-2-1-3-7-17/h1-3,6-11,15-16H,4-5,12-14H2,(H,25,29). The fourth-order valence-corrected chi connectivity index (χ4v) is 4.75. The van der Waals surface area contributed by atoms with Crippen molar-refractivity contribution < 1.29 is 9.59 Å². The summed E-state index contributed by atoms with van der Waals surface area (Å²) < 4.78 is 1.98. The number of hydrogen-bond acceptors (Lipinski definition) is 4. The molecule has 1 fully saturated rings. The summed E-state index contributed by atoms with van der Waals surface area (Å²) in [6.07, 6.45) is 4.36. The second kappa shape index (κ2) is 8.35. The van der Waals surface area contributed by atoms with Crippen LogP contribution in [0.5, 0.6) is 0 Å². The van der Waals surface area contributed by atoms with Crippen molar-refractivity contribution in [2.45, 2.75) is 19.3 Å². The molecule has 1 aliphatic heterocycles. The monoisotopic (exact) mass is 430 g/mol. The van der Waals surface area contributed by atoms with E-state index in [-0.39, 0.29) is 18.2 Å². The predicted molar refractivity (Wildman–Crippen MR) is 122 cm³/mol. The van der Waals surface area contributed by atoms with Gasteiger partial charge in [-0.15, -0.1) is 11.3 Å². The number of benzene rings is 2. The fraction of sp³-hybridized carbons (Fsp3) is 0.208. The lowest BCUT2D eigenvalue weighted by molar-refractivity contribution is -0.115. The third kappa shape index (κ3) is 4.09. The SMILES string of the molecule is O=C(Cc1csc2nc(-c3ccccc3)cn12)Nc1ccc(C(=O)N2CCCC2)cc1. The maximum absolute atomic E-state index is 12.6. The molecule has 0 aliphatic carbocycles. The van der Waals surface area contributed by atoms with E-state index in [4.69, 9.17) is 0 Å². The number of carbonyl (C=O) groups is 2. The van der Waals surface area contributed by atoms with Crippen LogP contribution in [0, 0.1) is 0 Å². The molecule has 0 atom stereocenters. The molecule has 2 aromatic carbocycles. The van der Waals surface area contributed by atoms with Crippen LogP contribution in [0.1, 0.15) is 28.9 Å². The van der Waals surface area contributed by atoms with Crippen molar-refractivity contribution in [3.05, 3.63) is 77.4 Å². The molecule has 1 saturated heterocycles. The molecule has 0 bridgehead atoms. The van der Waals surface area contributed by atoms with Crippen molar-refractivity contribution in [2.24, 2.45) is 0 Å². The average molecular weight is 431 g/mol. The summed E-state index contributed by atoms with van der Waals surface area (Å²) >= 11 is 1.52. The van der Waals surface area contributed by atoms with E-state index in [2.05, 4.69) is 10.3 Å². The van der Waals surface area contributed by atoms with Gasteiger partial charge in [-0.25, -0.2) is 4.98 Å². The number of carbonyl (C=O) groups excluding carboxylic acids is 2. The van der Waals surface area contributed by atoms with E-state index in [0.29, 0.717) is 11.3 Å². The van der Waals surface area contributed by atoms with Gasteiger partial charge in [-0.3, -0.25) is 14.0 Å². The third-order valence-electron chi connectivity index (χ3n) is 5.50. The molecule has 0 unspecified atom stereocenters. The van der Waals surface area contributed by atoms with Crippen LogP contribution < -0.4 is 5.32 Å². The number of amides is 2. The van der Waals surface area contributed by atoms with Gasteiger partial charge >= 0.3 is 0 Å². The number of anilines is 1. The van der Waals surface area contributed by atoms with Crippen LogP contribution in [0.25, 0.3) is 16.2 Å². The number of nitrogens with one attached hydrogen (secondary N) is 1. The van der Waals surface area contributed by atoms with Crippen LogP contribution in [0.3, 0.4) is 0 Å². The maximum Gasteiger partial charge on any atom is 0.253 e. The van der Waals surface area contributed by atoms with E-state index in [0.717, 1.165) is 47.8 Å². The van der Waals surface area contributed by atoms with Gasteiger partial charge in [0.25, 0.3) is 5.91 Å². The van der Waals surface area contributed by atoms with Gasteiger partial charge < -0.3 is 10.2 Å². The second-order valence-electron chi connectivity index (χ2n) is 7.67. The molecular weight excluding hydrogens is 408 g/mol. The van der Waals surface area contributed by atoms with Crippen LogP contribution in [0.15, 0.2) is 66.2 Å². The van der Waals surface area contributed by atoms with E-state index in [1.807, 2.05) is 51.2 Å². The molecule has 0 spiro atoms. The topological polar surface area (TPSA) is 66.7 Å². The molecule has 2 amide bonds. The Morgan fingerprint density at radius 2 is 1.74 bits per heavy atom. The number of hydrogen-bond donors (Lipinski definition) is 1. The van der Waals surface area contributed by atoms with E-state index >= 15 is 0 Å². The number of imidazole rings is 1. The zero-order valence-electron chi connectivity index (χ0n) is 17.0. The van der Waals surface area contributed by atoms with Crippen LogP contribution in [-0.4, -0.2) is 39.2 Å². The summed E-state index contributed by atoms with van der Waals surface area (Å²) in [6.45, 7) is 1.65. The molecule has 2 aromatic heterocycles. The Balaban J connectivity index is 1.26. The van der Waals surface area contributed by atoms with Crippen molar-refractivity contribution in [1.29, 1.82) is 0 Å². The highest BCUT2D eigenvalue weighted by Crippen LogP contribution is 2.24. The quantitative estimate of drug-likeness (QED) is 0.508. The molecule has 1 aliphatic rings. The Bertz CT molecular complexity index is 1220. The first-order valence-corrected chi connectivity index (χ1v) is 11.3. The summed E-state index contributed by atoms with van der Waals surface area (Å²) in [7, 11) is 0. The van der Waals surface area contributed by atoms with Crippen molar-refractivity contribution in [2.75, 3.05) is 18.4 Å². The lowest BCUT2D eigenvalue weighted by Crippen LogP contribution is -2.27. The number of fused-ring (bicyclic) bond motifs is 1. The Hall–Kier alpha value is -3.45. The van der Waals surface area contributed by atoms with Gasteiger partial charge in [0.1, 0.15) is 0 Å². The normalized spacial score (nSPS) is 13.6. The van der Waals surface area contributed by atoms with Crippen LogP contribution in [0.4, 0.5) is 5.69 Å². The number of rotatable bonds is 5. The number of aromatic nitrogens is 2. The zero-order chi connectivity index (χ0) is 21.2. The highest BCUT2D eigenvalue weighted by Gasteiger charge is 2.19. The molecule has 156 valence electrons. The Morgan fingerprint density at radius 3 is 2.48 bits per heavy atom. The first kappa shape index (κ1) is 19.5. The van der Waals surface area contributed by atoms with Crippen molar-refractivity contribution in [3.63, 3.8) is 0 Å². The molecule has 7 heteroatoms. The predicted octanol–water partition coefficient (Wildman–Crippen LogP) is 4.48.